The molecule has 0 spiro atoms. The summed E-state index contributed by atoms with van der Waals surface area (Å²) < 4.78 is 0. The van der Waals surface area contributed by atoms with Crippen LogP contribution in [0, 0.1) is 10.1 Å². The Bertz CT molecular complexity index is 312. The highest BCUT2D eigenvalue weighted by molar-refractivity contribution is 5.93. The van der Waals surface area contributed by atoms with Crippen molar-refractivity contribution in [1.29, 1.82) is 0 Å². The summed E-state index contributed by atoms with van der Waals surface area (Å²) in [4.78, 5) is 20.9. The molecule has 0 aliphatic heterocycles. The largest absolute Gasteiger partial charge is 0.273 e. The average Bonchev–Trinajstić information content (AvgIpc) is 2.15. The zero-order valence-electron chi connectivity index (χ0n) is 6.56. The van der Waals surface area contributed by atoms with E-state index in [0.29, 0.717) is 5.56 Å². The van der Waals surface area contributed by atoms with Crippen LogP contribution in [-0.2, 0) is 0 Å². The van der Waals surface area contributed by atoms with Gasteiger partial charge < -0.3 is 0 Å². The van der Waals surface area contributed by atoms with Crippen LogP contribution in [0.25, 0.3) is 0 Å². The molecule has 1 aromatic carbocycles. The van der Waals surface area contributed by atoms with Gasteiger partial charge >= 0.3 is 0 Å². The minimum atomic E-state index is -0.846. The Morgan fingerprint density at radius 3 is 2.46 bits per heavy atom. The number of hydrogen-bond acceptors (Lipinski definition) is 3. The van der Waals surface area contributed by atoms with Crippen molar-refractivity contribution < 1.29 is 9.83 Å². The standard InChI is InChI=1S/C7H7N3O3/c11-7(8-9-10(12)13)6-4-2-1-3-5-6/h1-5,9H,(H,8,11). The van der Waals surface area contributed by atoms with Gasteiger partial charge in [-0.3, -0.25) is 4.79 Å². The molecule has 0 unspecified atom stereocenters. The molecular formula is C7H7N3O3. The molecule has 1 aromatic rings. The SMILES string of the molecule is O=C(NN[N+](=O)[O-])c1ccccc1. The van der Waals surface area contributed by atoms with Gasteiger partial charge in [-0.15, -0.1) is 0 Å². The number of amides is 1. The van der Waals surface area contributed by atoms with E-state index in [4.69, 9.17) is 0 Å². The average molecular weight is 181 g/mol. The zero-order chi connectivity index (χ0) is 9.68. The van der Waals surface area contributed by atoms with Crippen molar-refractivity contribution in [1.82, 2.24) is 11.0 Å². The van der Waals surface area contributed by atoms with E-state index in [0.717, 1.165) is 0 Å². The molecule has 1 rings (SSSR count). The summed E-state index contributed by atoms with van der Waals surface area (Å²) in [5.74, 6) is -0.544. The zero-order valence-corrected chi connectivity index (χ0v) is 6.56. The van der Waals surface area contributed by atoms with Crippen LogP contribution in [0.1, 0.15) is 10.4 Å². The molecule has 0 aliphatic rings. The van der Waals surface area contributed by atoms with Crippen molar-refractivity contribution >= 4 is 5.91 Å². The summed E-state index contributed by atoms with van der Waals surface area (Å²) in [6.07, 6.45) is 0. The number of nitro groups is 1. The minimum absolute atomic E-state index is 0.358. The molecule has 0 atom stereocenters. The van der Waals surface area contributed by atoms with Crippen molar-refractivity contribution in [2.45, 2.75) is 0 Å². The Morgan fingerprint density at radius 1 is 1.31 bits per heavy atom. The first-order valence-electron chi connectivity index (χ1n) is 3.45. The summed E-state index contributed by atoms with van der Waals surface area (Å²) >= 11 is 0. The third kappa shape index (κ3) is 2.78. The van der Waals surface area contributed by atoms with Gasteiger partial charge in [0, 0.05) is 5.56 Å². The van der Waals surface area contributed by atoms with E-state index in [1.807, 2.05) is 5.43 Å². The van der Waals surface area contributed by atoms with Crippen molar-refractivity contribution in [3.05, 3.63) is 46.0 Å². The van der Waals surface area contributed by atoms with Crippen LogP contribution in [0.2, 0.25) is 0 Å². The summed E-state index contributed by atoms with van der Waals surface area (Å²) in [5.41, 5.74) is 3.83. The maximum absolute atomic E-state index is 11.1. The number of hydrazine groups is 2. The fraction of sp³-hybridized carbons (Fsp3) is 0. The first-order valence-corrected chi connectivity index (χ1v) is 3.45. The fourth-order valence-corrected chi connectivity index (χ4v) is 0.758. The number of benzene rings is 1. The first kappa shape index (κ1) is 8.98. The highest BCUT2D eigenvalue weighted by Crippen LogP contribution is 1.96. The molecule has 0 aromatic heterocycles. The van der Waals surface area contributed by atoms with E-state index in [-0.39, 0.29) is 0 Å². The molecule has 0 aliphatic carbocycles. The maximum atomic E-state index is 11.1. The molecule has 1 amide bonds. The number of rotatable bonds is 3. The molecule has 13 heavy (non-hydrogen) atoms. The lowest BCUT2D eigenvalue weighted by molar-refractivity contribution is -0.552. The van der Waals surface area contributed by atoms with Gasteiger partial charge in [0.15, 0.2) is 5.03 Å². The highest BCUT2D eigenvalue weighted by Gasteiger charge is 2.04. The lowest BCUT2D eigenvalue weighted by Crippen LogP contribution is -2.41. The second-order valence-electron chi connectivity index (χ2n) is 2.19. The molecule has 6 nitrogen and oxygen atoms in total. The number of nitrogens with one attached hydrogen (secondary N) is 2. The van der Waals surface area contributed by atoms with E-state index in [1.54, 1.807) is 35.9 Å². The van der Waals surface area contributed by atoms with Crippen LogP contribution in [0.4, 0.5) is 0 Å². The van der Waals surface area contributed by atoms with Gasteiger partial charge in [-0.1, -0.05) is 18.2 Å². The lowest BCUT2D eigenvalue weighted by Gasteiger charge is -1.99. The molecule has 0 fully saturated rings. The van der Waals surface area contributed by atoms with Gasteiger partial charge in [-0.05, 0) is 17.7 Å². The van der Waals surface area contributed by atoms with Crippen LogP contribution >= 0.6 is 0 Å². The molecular weight excluding hydrogens is 174 g/mol. The van der Waals surface area contributed by atoms with Crippen molar-refractivity contribution in [2.24, 2.45) is 0 Å². The second-order valence-corrected chi connectivity index (χ2v) is 2.19. The van der Waals surface area contributed by atoms with E-state index < -0.39 is 10.9 Å². The van der Waals surface area contributed by atoms with Gasteiger partial charge in [-0.2, -0.15) is 0 Å². The Hall–Kier alpha value is -2.11. The topological polar surface area (TPSA) is 84.3 Å². The number of carbonyl (C=O) groups excluding carboxylic acids is 1. The van der Waals surface area contributed by atoms with E-state index in [2.05, 4.69) is 0 Å². The van der Waals surface area contributed by atoms with Crippen LogP contribution in [-0.4, -0.2) is 10.9 Å². The first-order chi connectivity index (χ1) is 6.20. The quantitative estimate of drug-likeness (QED) is 0.512. The van der Waals surface area contributed by atoms with E-state index in [1.165, 1.54) is 0 Å². The van der Waals surface area contributed by atoms with Crippen LogP contribution in [0.5, 0.6) is 0 Å². The molecule has 0 heterocycles. The molecule has 0 radical (unpaired) electrons. The van der Waals surface area contributed by atoms with Gasteiger partial charge in [0.25, 0.3) is 5.91 Å². The van der Waals surface area contributed by atoms with Crippen molar-refractivity contribution in [3.63, 3.8) is 0 Å². The van der Waals surface area contributed by atoms with Gasteiger partial charge in [0.1, 0.15) is 0 Å². The number of carbonyl (C=O) groups is 1. The third-order valence-corrected chi connectivity index (χ3v) is 1.30. The summed E-state index contributed by atoms with van der Waals surface area (Å²) in [7, 11) is 0. The molecule has 2 N–H and O–H groups in total. The molecule has 0 saturated carbocycles. The Labute approximate surface area is 73.7 Å². The molecule has 0 bridgehead atoms. The fourth-order valence-electron chi connectivity index (χ4n) is 0.758. The Morgan fingerprint density at radius 2 is 1.92 bits per heavy atom. The van der Waals surface area contributed by atoms with Crippen LogP contribution in [0.3, 0.4) is 0 Å². The highest BCUT2D eigenvalue weighted by atomic mass is 16.7. The minimum Gasteiger partial charge on any atom is -0.267 e. The van der Waals surface area contributed by atoms with E-state index in [9.17, 15) is 14.9 Å². The molecule has 6 heteroatoms. The second kappa shape index (κ2) is 4.05. The van der Waals surface area contributed by atoms with Crippen LogP contribution < -0.4 is 11.0 Å². The van der Waals surface area contributed by atoms with Crippen LogP contribution in [0.15, 0.2) is 30.3 Å². The Kier molecular flexibility index (Phi) is 2.80. The van der Waals surface area contributed by atoms with Gasteiger partial charge in [-0.25, -0.2) is 15.5 Å². The predicted octanol–water partition coefficient (Wildman–Crippen LogP) is 0.113. The third-order valence-electron chi connectivity index (χ3n) is 1.30. The summed E-state index contributed by atoms with van der Waals surface area (Å²) in [5, 5.41) is 8.97. The van der Waals surface area contributed by atoms with E-state index >= 15 is 0 Å². The normalized spacial score (nSPS) is 8.92. The Balaban J connectivity index is 2.54. The smallest absolute Gasteiger partial charge is 0.267 e. The number of hydrogen-bond donors (Lipinski definition) is 2. The lowest BCUT2D eigenvalue weighted by atomic mass is 10.2. The molecule has 0 saturated heterocycles. The maximum Gasteiger partial charge on any atom is 0.273 e. The predicted molar refractivity (Wildman–Crippen MR) is 44.0 cm³/mol. The summed E-state index contributed by atoms with van der Waals surface area (Å²) in [6, 6.07) is 8.19. The van der Waals surface area contributed by atoms with Crippen molar-refractivity contribution in [2.75, 3.05) is 0 Å². The number of nitrogens with zero attached hydrogens (tertiary/aromatic N) is 1. The molecule has 68 valence electrons. The summed E-state index contributed by atoms with van der Waals surface area (Å²) in [6.45, 7) is 0. The van der Waals surface area contributed by atoms with Gasteiger partial charge in [0.05, 0.1) is 0 Å². The van der Waals surface area contributed by atoms with Gasteiger partial charge in [0.2, 0.25) is 0 Å². The van der Waals surface area contributed by atoms with Crippen molar-refractivity contribution in [3.8, 4) is 0 Å². The monoisotopic (exact) mass is 181 g/mol.